The molecule has 1 aromatic carbocycles. The number of nitrogens with one attached hydrogen (secondary N) is 1. The van der Waals surface area contributed by atoms with Crippen LogP contribution >= 0.6 is 40.7 Å². The molecule has 1 saturated heterocycles. The average Bonchev–Trinajstić information content (AvgIpc) is 2.39. The molecule has 0 saturated carbocycles. The first-order valence-corrected chi connectivity index (χ1v) is 8.01. The van der Waals surface area contributed by atoms with Gasteiger partial charge in [0.25, 0.3) is 0 Å². The van der Waals surface area contributed by atoms with E-state index in [0.717, 1.165) is 36.4 Å². The quantitative estimate of drug-likeness (QED) is 0.799. The van der Waals surface area contributed by atoms with E-state index >= 15 is 0 Å². The van der Waals surface area contributed by atoms with Crippen LogP contribution in [0.2, 0.25) is 0 Å². The molecule has 1 heterocycles. The van der Waals surface area contributed by atoms with Crippen LogP contribution < -0.4 is 10.1 Å². The van der Waals surface area contributed by atoms with E-state index in [-0.39, 0.29) is 30.2 Å². The van der Waals surface area contributed by atoms with E-state index in [1.807, 2.05) is 6.07 Å². The number of rotatable bonds is 3. The van der Waals surface area contributed by atoms with Gasteiger partial charge in [-0.1, -0.05) is 36.7 Å². The summed E-state index contributed by atoms with van der Waals surface area (Å²) >= 11 is 3.60. The molecule has 0 radical (unpaired) electrons. The zero-order valence-corrected chi connectivity index (χ0v) is 16.9. The maximum Gasteiger partial charge on any atom is 0.123 e. The standard InChI is InChI=1S/C16H25BrN2O.2ClH/c1-16(2,3)15(19-9-7-18-8-10-19)13-11-12(17)5-6-14(13)20-4;;/h5-6,11,15,18H,7-10H2,1-4H3;2*1H/t15-;;/m1../s1. The fourth-order valence-corrected chi connectivity index (χ4v) is 3.45. The maximum atomic E-state index is 5.60. The van der Waals surface area contributed by atoms with Crippen molar-refractivity contribution >= 4 is 40.7 Å². The minimum Gasteiger partial charge on any atom is -0.496 e. The van der Waals surface area contributed by atoms with Crippen LogP contribution in [0.4, 0.5) is 0 Å². The van der Waals surface area contributed by atoms with E-state index in [9.17, 15) is 0 Å². The highest BCUT2D eigenvalue weighted by Crippen LogP contribution is 2.42. The molecule has 1 aromatic rings. The topological polar surface area (TPSA) is 24.5 Å². The molecule has 1 atom stereocenters. The van der Waals surface area contributed by atoms with E-state index < -0.39 is 0 Å². The molecule has 0 amide bonds. The lowest BCUT2D eigenvalue weighted by atomic mass is 9.80. The Bertz CT molecular complexity index is 460. The lowest BCUT2D eigenvalue weighted by Crippen LogP contribution is -2.48. The van der Waals surface area contributed by atoms with Crippen LogP contribution in [0.5, 0.6) is 5.75 Å². The number of piperazine rings is 1. The van der Waals surface area contributed by atoms with E-state index in [1.54, 1.807) is 7.11 Å². The first-order valence-electron chi connectivity index (χ1n) is 7.21. The number of ether oxygens (including phenoxy) is 1. The molecule has 2 rings (SSSR count). The summed E-state index contributed by atoms with van der Waals surface area (Å²) in [6, 6.07) is 6.66. The van der Waals surface area contributed by atoms with Gasteiger partial charge in [0.1, 0.15) is 5.75 Å². The summed E-state index contributed by atoms with van der Waals surface area (Å²) in [5.74, 6) is 0.978. The molecule has 0 unspecified atom stereocenters. The zero-order chi connectivity index (χ0) is 14.8. The third-order valence-electron chi connectivity index (χ3n) is 3.82. The van der Waals surface area contributed by atoms with Gasteiger partial charge in [-0.2, -0.15) is 0 Å². The van der Waals surface area contributed by atoms with E-state index in [2.05, 4.69) is 59.1 Å². The predicted octanol–water partition coefficient (Wildman–Crippen LogP) is 4.29. The largest absolute Gasteiger partial charge is 0.496 e. The minimum absolute atomic E-state index is 0. The molecule has 128 valence electrons. The molecule has 1 aliphatic rings. The maximum absolute atomic E-state index is 5.60. The summed E-state index contributed by atoms with van der Waals surface area (Å²) in [6.07, 6.45) is 0. The number of halogens is 3. The van der Waals surface area contributed by atoms with Gasteiger partial charge in [-0.25, -0.2) is 0 Å². The monoisotopic (exact) mass is 412 g/mol. The van der Waals surface area contributed by atoms with Crippen LogP contribution in [0.25, 0.3) is 0 Å². The van der Waals surface area contributed by atoms with Crippen molar-refractivity contribution in [2.75, 3.05) is 33.3 Å². The van der Waals surface area contributed by atoms with Gasteiger partial charge in [0.2, 0.25) is 0 Å². The highest BCUT2D eigenvalue weighted by molar-refractivity contribution is 9.10. The van der Waals surface area contributed by atoms with Crippen LogP contribution in [0.3, 0.4) is 0 Å². The van der Waals surface area contributed by atoms with Gasteiger partial charge in [-0.05, 0) is 23.6 Å². The summed E-state index contributed by atoms with van der Waals surface area (Å²) in [4.78, 5) is 2.57. The number of hydrogen-bond acceptors (Lipinski definition) is 3. The molecular weight excluding hydrogens is 387 g/mol. The van der Waals surface area contributed by atoms with Crippen LogP contribution in [0, 0.1) is 5.41 Å². The molecule has 0 spiro atoms. The van der Waals surface area contributed by atoms with Crippen molar-refractivity contribution in [3.63, 3.8) is 0 Å². The van der Waals surface area contributed by atoms with Crippen LogP contribution in [-0.4, -0.2) is 38.2 Å². The van der Waals surface area contributed by atoms with Crippen molar-refractivity contribution in [2.24, 2.45) is 5.41 Å². The Kier molecular flexibility index (Phi) is 9.33. The van der Waals surface area contributed by atoms with Crippen LogP contribution in [0.15, 0.2) is 22.7 Å². The summed E-state index contributed by atoms with van der Waals surface area (Å²) < 4.78 is 6.71. The van der Waals surface area contributed by atoms with Gasteiger partial charge in [0, 0.05) is 42.3 Å². The number of hydrogen-bond donors (Lipinski definition) is 1. The Balaban J connectivity index is 0.00000220. The second-order valence-electron chi connectivity index (χ2n) is 6.44. The minimum atomic E-state index is 0. The molecule has 0 bridgehead atoms. The molecule has 1 N–H and O–H groups in total. The number of benzene rings is 1. The van der Waals surface area contributed by atoms with Crippen LogP contribution in [0.1, 0.15) is 32.4 Å². The lowest BCUT2D eigenvalue weighted by molar-refractivity contribution is 0.0841. The third-order valence-corrected chi connectivity index (χ3v) is 4.32. The molecule has 3 nitrogen and oxygen atoms in total. The normalized spacial score (nSPS) is 17.1. The number of methoxy groups -OCH3 is 1. The summed E-state index contributed by atoms with van der Waals surface area (Å²) in [6.45, 7) is 11.2. The van der Waals surface area contributed by atoms with Crippen molar-refractivity contribution in [1.29, 1.82) is 0 Å². The molecule has 1 aliphatic heterocycles. The summed E-state index contributed by atoms with van der Waals surface area (Å²) in [5.41, 5.74) is 1.43. The highest BCUT2D eigenvalue weighted by atomic mass is 79.9. The average molecular weight is 414 g/mol. The first kappa shape index (κ1) is 22.0. The summed E-state index contributed by atoms with van der Waals surface area (Å²) in [5, 5.41) is 3.43. The fraction of sp³-hybridized carbons (Fsp3) is 0.625. The Morgan fingerprint density at radius 2 is 1.77 bits per heavy atom. The second kappa shape index (κ2) is 9.33. The molecule has 22 heavy (non-hydrogen) atoms. The van der Waals surface area contributed by atoms with Crippen molar-refractivity contribution in [1.82, 2.24) is 10.2 Å². The van der Waals surface area contributed by atoms with Gasteiger partial charge in [0.15, 0.2) is 0 Å². The predicted molar refractivity (Wildman–Crippen MR) is 102 cm³/mol. The van der Waals surface area contributed by atoms with Crippen LogP contribution in [-0.2, 0) is 0 Å². The molecule has 0 aromatic heterocycles. The fourth-order valence-electron chi connectivity index (χ4n) is 3.07. The van der Waals surface area contributed by atoms with E-state index in [1.165, 1.54) is 5.56 Å². The van der Waals surface area contributed by atoms with Crippen molar-refractivity contribution in [3.8, 4) is 5.75 Å². The van der Waals surface area contributed by atoms with Gasteiger partial charge in [0.05, 0.1) is 7.11 Å². The van der Waals surface area contributed by atoms with Gasteiger partial charge in [-0.15, -0.1) is 24.8 Å². The van der Waals surface area contributed by atoms with Gasteiger partial charge >= 0.3 is 0 Å². The Morgan fingerprint density at radius 3 is 2.27 bits per heavy atom. The Morgan fingerprint density at radius 1 is 1.18 bits per heavy atom. The first-order chi connectivity index (χ1) is 9.43. The van der Waals surface area contributed by atoms with E-state index in [0.29, 0.717) is 6.04 Å². The van der Waals surface area contributed by atoms with E-state index in [4.69, 9.17) is 4.74 Å². The SMILES string of the molecule is COc1ccc(Br)cc1[C@@H](N1CCNCC1)C(C)(C)C.Cl.Cl. The lowest BCUT2D eigenvalue weighted by Gasteiger charge is -2.43. The zero-order valence-electron chi connectivity index (χ0n) is 13.7. The highest BCUT2D eigenvalue weighted by Gasteiger charge is 2.34. The van der Waals surface area contributed by atoms with Crippen molar-refractivity contribution in [2.45, 2.75) is 26.8 Å². The van der Waals surface area contributed by atoms with Gasteiger partial charge < -0.3 is 10.1 Å². The van der Waals surface area contributed by atoms with Crippen molar-refractivity contribution < 1.29 is 4.74 Å². The Hall–Kier alpha value is -0.000000000000000222. The smallest absolute Gasteiger partial charge is 0.123 e. The molecular formula is C16H27BrCl2N2O. The van der Waals surface area contributed by atoms with Gasteiger partial charge in [-0.3, -0.25) is 4.90 Å². The number of nitrogens with zero attached hydrogens (tertiary/aromatic N) is 1. The Labute approximate surface area is 155 Å². The summed E-state index contributed by atoms with van der Waals surface area (Å²) in [7, 11) is 1.75. The molecule has 6 heteroatoms. The molecule has 0 aliphatic carbocycles. The second-order valence-corrected chi connectivity index (χ2v) is 7.36. The molecule has 1 fully saturated rings. The third kappa shape index (κ3) is 5.27. The van der Waals surface area contributed by atoms with Crippen molar-refractivity contribution in [3.05, 3.63) is 28.2 Å².